The summed E-state index contributed by atoms with van der Waals surface area (Å²) >= 11 is 0. The molecule has 5 nitrogen and oxygen atoms in total. The van der Waals surface area contributed by atoms with Gasteiger partial charge in [0, 0.05) is 11.2 Å². The van der Waals surface area contributed by atoms with Gasteiger partial charge in [0.1, 0.15) is 12.4 Å². The maximum Gasteiger partial charge on any atom is 0.250 e. The molecule has 1 rings (SSSR count). The third-order valence-corrected chi connectivity index (χ3v) is 3.09. The van der Waals surface area contributed by atoms with Crippen LogP contribution in [-0.2, 0) is 0 Å². The molecule has 0 aliphatic rings. The first-order valence-electron chi connectivity index (χ1n) is 5.73. The summed E-state index contributed by atoms with van der Waals surface area (Å²) in [6, 6.07) is 4.93. The van der Waals surface area contributed by atoms with Gasteiger partial charge in [-0.05, 0) is 46.1 Å². The van der Waals surface area contributed by atoms with Crippen LogP contribution in [0.15, 0.2) is 18.2 Å². The van der Waals surface area contributed by atoms with Crippen molar-refractivity contribution in [3.63, 3.8) is 0 Å². The van der Waals surface area contributed by atoms with E-state index in [1.807, 2.05) is 14.1 Å². The highest BCUT2D eigenvalue weighted by Crippen LogP contribution is 2.21. The van der Waals surface area contributed by atoms with Crippen molar-refractivity contribution in [2.24, 2.45) is 5.73 Å². The highest BCUT2D eigenvalue weighted by Gasteiger charge is 2.21. The van der Waals surface area contributed by atoms with Crippen LogP contribution in [0, 0.1) is 0 Å². The summed E-state index contributed by atoms with van der Waals surface area (Å²) in [5.74, 6) is 0.0396. The predicted molar refractivity (Wildman–Crippen MR) is 72.6 cm³/mol. The molecule has 0 saturated heterocycles. The maximum atomic E-state index is 11.2. The number of anilines is 1. The summed E-state index contributed by atoms with van der Waals surface area (Å²) in [5.41, 5.74) is 11.4. The molecule has 0 aliphatic carbocycles. The highest BCUT2D eigenvalue weighted by molar-refractivity contribution is 5.98. The summed E-state index contributed by atoms with van der Waals surface area (Å²) in [4.78, 5) is 13.2. The van der Waals surface area contributed by atoms with E-state index in [4.69, 9.17) is 16.2 Å². The lowest BCUT2D eigenvalue weighted by atomic mass is 10.1. The molecule has 0 atom stereocenters. The fourth-order valence-electron chi connectivity index (χ4n) is 1.23. The molecular formula is C13H21N3O2. The van der Waals surface area contributed by atoms with Gasteiger partial charge in [0.05, 0.1) is 5.56 Å². The van der Waals surface area contributed by atoms with Gasteiger partial charge in [-0.15, -0.1) is 0 Å². The second kappa shape index (κ2) is 5.27. The molecule has 0 radical (unpaired) electrons. The lowest BCUT2D eigenvalue weighted by Crippen LogP contribution is -2.43. The number of hydrogen-bond donors (Lipinski definition) is 2. The molecule has 0 aliphatic heterocycles. The Bertz CT molecular complexity index is 442. The number of carbonyl (C=O) groups excluding carboxylic acids is 1. The second-order valence-corrected chi connectivity index (χ2v) is 5.11. The molecule has 0 aromatic heterocycles. The Hall–Kier alpha value is -1.75. The second-order valence-electron chi connectivity index (χ2n) is 5.11. The molecule has 100 valence electrons. The molecule has 18 heavy (non-hydrogen) atoms. The number of rotatable bonds is 5. The number of hydrogen-bond acceptors (Lipinski definition) is 4. The molecule has 1 aromatic rings. The van der Waals surface area contributed by atoms with E-state index in [9.17, 15) is 4.79 Å². The van der Waals surface area contributed by atoms with E-state index in [1.165, 1.54) is 0 Å². The van der Waals surface area contributed by atoms with Crippen molar-refractivity contribution in [1.82, 2.24) is 4.90 Å². The third-order valence-electron chi connectivity index (χ3n) is 3.09. The Labute approximate surface area is 108 Å². The molecule has 0 fully saturated rings. The van der Waals surface area contributed by atoms with E-state index in [2.05, 4.69) is 18.7 Å². The third kappa shape index (κ3) is 3.37. The van der Waals surface area contributed by atoms with E-state index >= 15 is 0 Å². The van der Waals surface area contributed by atoms with Gasteiger partial charge < -0.3 is 21.1 Å². The van der Waals surface area contributed by atoms with E-state index in [0.717, 1.165) is 0 Å². The molecule has 0 saturated carbocycles. The summed E-state index contributed by atoms with van der Waals surface area (Å²) in [5, 5.41) is 0. The monoisotopic (exact) mass is 251 g/mol. The molecule has 0 bridgehead atoms. The van der Waals surface area contributed by atoms with Crippen LogP contribution < -0.4 is 16.2 Å². The first-order chi connectivity index (χ1) is 8.24. The van der Waals surface area contributed by atoms with Crippen LogP contribution in [0.5, 0.6) is 5.75 Å². The molecule has 1 amide bonds. The van der Waals surface area contributed by atoms with Gasteiger partial charge >= 0.3 is 0 Å². The maximum absolute atomic E-state index is 11.2. The smallest absolute Gasteiger partial charge is 0.250 e. The normalized spacial score (nSPS) is 11.6. The Balaban J connectivity index is 2.81. The average molecular weight is 251 g/mol. The fraction of sp³-hybridized carbons (Fsp3) is 0.462. The molecule has 0 heterocycles. The predicted octanol–water partition coefficient (Wildman–Crippen LogP) is 1.09. The van der Waals surface area contributed by atoms with Crippen LogP contribution >= 0.6 is 0 Å². The quantitative estimate of drug-likeness (QED) is 0.767. The Morgan fingerprint density at radius 2 is 2.00 bits per heavy atom. The SMILES string of the molecule is CN(C)C(C)(C)COc1ccc(N)c(C(N)=O)c1. The molecule has 0 spiro atoms. The molecule has 4 N–H and O–H groups in total. The van der Waals surface area contributed by atoms with Gasteiger partial charge in [-0.2, -0.15) is 0 Å². The number of benzene rings is 1. The van der Waals surface area contributed by atoms with Crippen molar-refractivity contribution in [2.45, 2.75) is 19.4 Å². The van der Waals surface area contributed by atoms with Crippen LogP contribution in [0.25, 0.3) is 0 Å². The summed E-state index contributed by atoms with van der Waals surface area (Å²) in [7, 11) is 3.97. The number of nitrogens with zero attached hydrogens (tertiary/aromatic N) is 1. The van der Waals surface area contributed by atoms with Gasteiger partial charge in [-0.3, -0.25) is 4.79 Å². The van der Waals surface area contributed by atoms with Crippen LogP contribution in [-0.4, -0.2) is 37.0 Å². The first-order valence-corrected chi connectivity index (χ1v) is 5.73. The highest BCUT2D eigenvalue weighted by atomic mass is 16.5. The lowest BCUT2D eigenvalue weighted by molar-refractivity contribution is 0.0999. The van der Waals surface area contributed by atoms with Crippen molar-refractivity contribution in [3.05, 3.63) is 23.8 Å². The first kappa shape index (κ1) is 14.3. The summed E-state index contributed by atoms with van der Waals surface area (Å²) in [6.45, 7) is 4.64. The van der Waals surface area contributed by atoms with Crippen molar-refractivity contribution < 1.29 is 9.53 Å². The van der Waals surface area contributed by atoms with Gasteiger partial charge in [-0.1, -0.05) is 0 Å². The summed E-state index contributed by atoms with van der Waals surface area (Å²) < 4.78 is 5.67. The van der Waals surface area contributed by atoms with Crippen LogP contribution in [0.2, 0.25) is 0 Å². The van der Waals surface area contributed by atoms with Crippen LogP contribution in [0.3, 0.4) is 0 Å². The van der Waals surface area contributed by atoms with Gasteiger partial charge in [0.25, 0.3) is 5.91 Å². The minimum atomic E-state index is -0.551. The van der Waals surface area contributed by atoms with Crippen molar-refractivity contribution in [3.8, 4) is 5.75 Å². The largest absolute Gasteiger partial charge is 0.492 e. The van der Waals surface area contributed by atoms with E-state index < -0.39 is 5.91 Å². The Kier molecular flexibility index (Phi) is 4.19. The topological polar surface area (TPSA) is 81.6 Å². The number of likely N-dealkylation sites (N-methyl/N-ethyl adjacent to an activating group) is 1. The minimum Gasteiger partial charge on any atom is -0.492 e. The number of primary amides is 1. The van der Waals surface area contributed by atoms with Crippen molar-refractivity contribution >= 4 is 11.6 Å². The minimum absolute atomic E-state index is 0.103. The Morgan fingerprint density at radius 1 is 1.39 bits per heavy atom. The number of amides is 1. The number of carbonyl (C=O) groups is 1. The zero-order valence-electron chi connectivity index (χ0n) is 11.4. The fourth-order valence-corrected chi connectivity index (χ4v) is 1.23. The molecular weight excluding hydrogens is 230 g/mol. The van der Waals surface area contributed by atoms with Crippen LogP contribution in [0.4, 0.5) is 5.69 Å². The van der Waals surface area contributed by atoms with Gasteiger partial charge in [0.15, 0.2) is 0 Å². The van der Waals surface area contributed by atoms with Gasteiger partial charge in [-0.25, -0.2) is 0 Å². The molecule has 1 aromatic carbocycles. The Morgan fingerprint density at radius 3 is 2.50 bits per heavy atom. The van der Waals surface area contributed by atoms with Crippen LogP contribution in [0.1, 0.15) is 24.2 Å². The van der Waals surface area contributed by atoms with E-state index in [1.54, 1.807) is 18.2 Å². The average Bonchev–Trinajstić information content (AvgIpc) is 2.27. The van der Waals surface area contributed by atoms with Crippen molar-refractivity contribution in [1.29, 1.82) is 0 Å². The molecule has 5 heteroatoms. The van der Waals surface area contributed by atoms with Crippen molar-refractivity contribution in [2.75, 3.05) is 26.4 Å². The zero-order chi connectivity index (χ0) is 13.9. The lowest BCUT2D eigenvalue weighted by Gasteiger charge is -2.32. The van der Waals surface area contributed by atoms with E-state index in [0.29, 0.717) is 18.0 Å². The van der Waals surface area contributed by atoms with E-state index in [-0.39, 0.29) is 11.1 Å². The number of ether oxygens (including phenoxy) is 1. The standard InChI is InChI=1S/C13H21N3O2/c1-13(2,16(3)4)8-18-9-5-6-11(14)10(7-9)12(15)17/h5-7H,8,14H2,1-4H3,(H2,15,17). The molecule has 0 unspecified atom stereocenters. The summed E-state index contributed by atoms with van der Waals surface area (Å²) in [6.07, 6.45) is 0. The zero-order valence-corrected chi connectivity index (χ0v) is 11.4. The number of nitrogens with two attached hydrogens (primary N) is 2. The van der Waals surface area contributed by atoms with Gasteiger partial charge in [0.2, 0.25) is 0 Å². The number of nitrogen functional groups attached to an aromatic ring is 1.